The van der Waals surface area contributed by atoms with Gasteiger partial charge in [0.2, 0.25) is 0 Å². The maximum Gasteiger partial charge on any atom is 0.137 e. The second-order valence-corrected chi connectivity index (χ2v) is 5.42. The summed E-state index contributed by atoms with van der Waals surface area (Å²) in [6, 6.07) is 0. The SMILES string of the molecule is CCc1c(Cl)ncnc1NCCC1CCCCC1. The Morgan fingerprint density at radius 1 is 1.28 bits per heavy atom. The first-order valence-corrected chi connectivity index (χ1v) is 7.42. The van der Waals surface area contributed by atoms with Gasteiger partial charge < -0.3 is 5.32 Å². The Balaban J connectivity index is 1.84. The average Bonchev–Trinajstić information content (AvgIpc) is 2.40. The smallest absolute Gasteiger partial charge is 0.137 e. The van der Waals surface area contributed by atoms with E-state index in [0.29, 0.717) is 5.15 Å². The minimum absolute atomic E-state index is 0.577. The molecule has 0 atom stereocenters. The molecule has 100 valence electrons. The highest BCUT2D eigenvalue weighted by Crippen LogP contribution is 2.26. The third kappa shape index (κ3) is 3.58. The number of halogens is 1. The van der Waals surface area contributed by atoms with Crippen molar-refractivity contribution in [3.8, 4) is 0 Å². The summed E-state index contributed by atoms with van der Waals surface area (Å²) in [6.45, 7) is 3.07. The van der Waals surface area contributed by atoms with Crippen LogP contribution in [0.1, 0.15) is 51.0 Å². The fraction of sp³-hybridized carbons (Fsp3) is 0.714. The van der Waals surface area contributed by atoms with Crippen molar-refractivity contribution in [2.45, 2.75) is 51.9 Å². The van der Waals surface area contributed by atoms with E-state index < -0.39 is 0 Å². The summed E-state index contributed by atoms with van der Waals surface area (Å²) in [4.78, 5) is 8.31. The topological polar surface area (TPSA) is 37.8 Å². The first-order chi connectivity index (χ1) is 8.81. The van der Waals surface area contributed by atoms with Crippen molar-refractivity contribution in [2.75, 3.05) is 11.9 Å². The Bertz CT molecular complexity index is 375. The van der Waals surface area contributed by atoms with Gasteiger partial charge in [0, 0.05) is 12.1 Å². The molecular formula is C14H22ClN3. The van der Waals surface area contributed by atoms with E-state index in [2.05, 4.69) is 22.2 Å². The Kier molecular flexibility index (Phi) is 5.24. The van der Waals surface area contributed by atoms with E-state index in [0.717, 1.165) is 30.3 Å². The Morgan fingerprint density at radius 2 is 2.06 bits per heavy atom. The van der Waals surface area contributed by atoms with Crippen LogP contribution in [0.3, 0.4) is 0 Å². The zero-order valence-corrected chi connectivity index (χ0v) is 11.8. The van der Waals surface area contributed by atoms with Gasteiger partial charge >= 0.3 is 0 Å². The molecule has 0 spiro atoms. The minimum Gasteiger partial charge on any atom is -0.370 e. The molecule has 0 aromatic carbocycles. The highest BCUT2D eigenvalue weighted by atomic mass is 35.5. The van der Waals surface area contributed by atoms with Crippen LogP contribution < -0.4 is 5.32 Å². The molecule has 0 bridgehead atoms. The molecule has 0 amide bonds. The summed E-state index contributed by atoms with van der Waals surface area (Å²) in [5.74, 6) is 1.81. The van der Waals surface area contributed by atoms with Crippen molar-refractivity contribution < 1.29 is 0 Å². The van der Waals surface area contributed by atoms with Gasteiger partial charge in [-0.1, -0.05) is 50.6 Å². The molecule has 1 aliphatic carbocycles. The normalized spacial score (nSPS) is 16.8. The largest absolute Gasteiger partial charge is 0.370 e. The average molecular weight is 268 g/mol. The molecule has 18 heavy (non-hydrogen) atoms. The van der Waals surface area contributed by atoms with Crippen LogP contribution >= 0.6 is 11.6 Å². The van der Waals surface area contributed by atoms with E-state index in [9.17, 15) is 0 Å². The number of rotatable bonds is 5. The molecule has 0 saturated heterocycles. The molecule has 0 aliphatic heterocycles. The quantitative estimate of drug-likeness (QED) is 0.817. The van der Waals surface area contributed by atoms with Gasteiger partial charge in [-0.2, -0.15) is 0 Å². The van der Waals surface area contributed by atoms with Crippen LogP contribution in [-0.4, -0.2) is 16.5 Å². The van der Waals surface area contributed by atoms with Gasteiger partial charge in [0.15, 0.2) is 0 Å². The predicted molar refractivity (Wildman–Crippen MR) is 76.1 cm³/mol. The van der Waals surface area contributed by atoms with Gasteiger partial charge in [-0.3, -0.25) is 0 Å². The number of aromatic nitrogens is 2. The Labute approximate surface area is 114 Å². The fourth-order valence-electron chi connectivity index (χ4n) is 2.73. The second kappa shape index (κ2) is 6.93. The van der Waals surface area contributed by atoms with Gasteiger partial charge in [0.25, 0.3) is 0 Å². The summed E-state index contributed by atoms with van der Waals surface area (Å²) in [7, 11) is 0. The molecule has 0 radical (unpaired) electrons. The van der Waals surface area contributed by atoms with Gasteiger partial charge in [0.05, 0.1) is 0 Å². The van der Waals surface area contributed by atoms with Crippen LogP contribution in [0.5, 0.6) is 0 Å². The van der Waals surface area contributed by atoms with Crippen molar-refractivity contribution in [1.29, 1.82) is 0 Å². The maximum absolute atomic E-state index is 6.07. The molecular weight excluding hydrogens is 246 g/mol. The van der Waals surface area contributed by atoms with Gasteiger partial charge in [0.1, 0.15) is 17.3 Å². The molecule has 1 N–H and O–H groups in total. The molecule has 1 saturated carbocycles. The second-order valence-electron chi connectivity index (χ2n) is 5.06. The summed E-state index contributed by atoms with van der Waals surface area (Å²) in [5.41, 5.74) is 1.03. The standard InChI is InChI=1S/C14H22ClN3/c1-2-12-13(15)17-10-18-14(12)16-9-8-11-6-4-3-5-7-11/h10-11H,2-9H2,1H3,(H,16,17,18). The van der Waals surface area contributed by atoms with E-state index in [1.54, 1.807) is 0 Å². The van der Waals surface area contributed by atoms with Crippen molar-refractivity contribution in [3.05, 3.63) is 17.0 Å². The number of nitrogens with one attached hydrogen (secondary N) is 1. The lowest BCUT2D eigenvalue weighted by Crippen LogP contribution is -2.13. The lowest BCUT2D eigenvalue weighted by Gasteiger charge is -2.21. The van der Waals surface area contributed by atoms with Crippen molar-refractivity contribution in [3.63, 3.8) is 0 Å². The number of anilines is 1. The van der Waals surface area contributed by atoms with E-state index >= 15 is 0 Å². The molecule has 1 aliphatic rings. The number of nitrogens with zero attached hydrogens (tertiary/aromatic N) is 2. The highest BCUT2D eigenvalue weighted by Gasteiger charge is 2.13. The van der Waals surface area contributed by atoms with E-state index in [1.807, 2.05) is 0 Å². The summed E-state index contributed by atoms with van der Waals surface area (Å²) in [5, 5.41) is 3.99. The van der Waals surface area contributed by atoms with Gasteiger partial charge in [-0.15, -0.1) is 0 Å². The first kappa shape index (κ1) is 13.6. The molecule has 0 unspecified atom stereocenters. The Morgan fingerprint density at radius 3 is 2.78 bits per heavy atom. The lowest BCUT2D eigenvalue weighted by atomic mass is 9.87. The van der Waals surface area contributed by atoms with E-state index in [1.165, 1.54) is 44.9 Å². The van der Waals surface area contributed by atoms with Crippen LogP contribution in [0.2, 0.25) is 5.15 Å². The first-order valence-electron chi connectivity index (χ1n) is 7.04. The van der Waals surface area contributed by atoms with Crippen LogP contribution in [0.25, 0.3) is 0 Å². The zero-order chi connectivity index (χ0) is 12.8. The molecule has 3 nitrogen and oxygen atoms in total. The molecule has 2 rings (SSSR count). The fourth-order valence-corrected chi connectivity index (χ4v) is 2.99. The van der Waals surface area contributed by atoms with Crippen molar-refractivity contribution in [1.82, 2.24) is 9.97 Å². The van der Waals surface area contributed by atoms with Crippen LogP contribution in [-0.2, 0) is 6.42 Å². The molecule has 1 heterocycles. The highest BCUT2D eigenvalue weighted by molar-refractivity contribution is 6.30. The third-order valence-corrected chi connectivity index (χ3v) is 4.14. The maximum atomic E-state index is 6.07. The molecule has 1 aromatic heterocycles. The number of hydrogen-bond donors (Lipinski definition) is 1. The predicted octanol–water partition coefficient (Wildman–Crippen LogP) is 4.07. The summed E-state index contributed by atoms with van der Waals surface area (Å²) < 4.78 is 0. The zero-order valence-electron chi connectivity index (χ0n) is 11.1. The third-order valence-electron chi connectivity index (χ3n) is 3.82. The molecule has 4 heteroatoms. The van der Waals surface area contributed by atoms with Crippen LogP contribution in [0.4, 0.5) is 5.82 Å². The van der Waals surface area contributed by atoms with Gasteiger partial charge in [-0.25, -0.2) is 9.97 Å². The lowest BCUT2D eigenvalue weighted by molar-refractivity contribution is 0.345. The van der Waals surface area contributed by atoms with E-state index in [-0.39, 0.29) is 0 Å². The Hall–Kier alpha value is -0.830. The van der Waals surface area contributed by atoms with Crippen molar-refractivity contribution >= 4 is 17.4 Å². The number of hydrogen-bond acceptors (Lipinski definition) is 3. The van der Waals surface area contributed by atoms with Crippen LogP contribution in [0.15, 0.2) is 6.33 Å². The van der Waals surface area contributed by atoms with Gasteiger partial charge in [-0.05, 0) is 18.8 Å². The molecule has 1 aromatic rings. The monoisotopic (exact) mass is 267 g/mol. The minimum atomic E-state index is 0.577. The van der Waals surface area contributed by atoms with Crippen LogP contribution in [0, 0.1) is 5.92 Å². The summed E-state index contributed by atoms with van der Waals surface area (Å²) >= 11 is 6.07. The summed E-state index contributed by atoms with van der Waals surface area (Å²) in [6.07, 6.45) is 10.7. The van der Waals surface area contributed by atoms with E-state index in [4.69, 9.17) is 11.6 Å². The van der Waals surface area contributed by atoms with Crippen molar-refractivity contribution in [2.24, 2.45) is 5.92 Å². The molecule has 1 fully saturated rings.